The summed E-state index contributed by atoms with van der Waals surface area (Å²) in [6, 6.07) is 9.85. The molecule has 0 aromatic heterocycles. The zero-order valence-corrected chi connectivity index (χ0v) is 16.7. The topological polar surface area (TPSA) is 58.9 Å². The zero-order valence-electron chi connectivity index (χ0n) is 15.7. The fourth-order valence-electron chi connectivity index (χ4n) is 2.86. The summed E-state index contributed by atoms with van der Waals surface area (Å²) in [6.45, 7) is 12.7. The summed E-state index contributed by atoms with van der Waals surface area (Å²) in [5.74, 6) is -0.176. The van der Waals surface area contributed by atoms with Gasteiger partial charge in [0.2, 0.25) is 0 Å². The van der Waals surface area contributed by atoms with Crippen molar-refractivity contribution in [2.45, 2.75) is 70.2 Å². The lowest BCUT2D eigenvalue weighted by atomic mass is 9.86. The molecule has 5 atom stereocenters. The van der Waals surface area contributed by atoms with E-state index in [9.17, 15) is 10.2 Å². The van der Waals surface area contributed by atoms with Crippen LogP contribution < -0.4 is 0 Å². The summed E-state index contributed by atoms with van der Waals surface area (Å²) in [5.41, 5.74) is 0.977. The van der Waals surface area contributed by atoms with E-state index in [-0.39, 0.29) is 29.8 Å². The fourth-order valence-corrected chi connectivity index (χ4v) is 4.15. The van der Waals surface area contributed by atoms with Crippen LogP contribution in [0.5, 0.6) is 0 Å². The normalized spacial score (nSPS) is 31.9. The molecule has 4 nitrogen and oxygen atoms in total. The average molecular weight is 353 g/mol. The van der Waals surface area contributed by atoms with Crippen molar-refractivity contribution in [1.82, 2.24) is 0 Å². The third kappa shape index (κ3) is 3.91. The molecule has 0 spiro atoms. The first-order valence-corrected chi connectivity index (χ1v) is 11.7. The Hall–Kier alpha value is -0.723. The highest BCUT2D eigenvalue weighted by Crippen LogP contribution is 2.43. The van der Waals surface area contributed by atoms with Crippen molar-refractivity contribution in [1.29, 1.82) is 0 Å². The molecule has 1 heterocycles. The molecule has 1 aliphatic rings. The second-order valence-corrected chi connectivity index (χ2v) is 13.1. The van der Waals surface area contributed by atoms with Crippen LogP contribution in [-0.2, 0) is 9.16 Å². The van der Waals surface area contributed by atoms with Crippen molar-refractivity contribution < 1.29 is 19.4 Å². The fraction of sp³-hybridized carbons (Fsp3) is 0.684. The molecule has 1 aromatic rings. The quantitative estimate of drug-likeness (QED) is 0.814. The van der Waals surface area contributed by atoms with Crippen LogP contribution in [0, 0.1) is 5.92 Å². The third-order valence-corrected chi connectivity index (χ3v) is 10.1. The van der Waals surface area contributed by atoms with Gasteiger partial charge in [0, 0.05) is 5.92 Å². The minimum atomic E-state index is -2.07. The molecule has 1 saturated heterocycles. The van der Waals surface area contributed by atoms with E-state index in [0.717, 1.165) is 5.56 Å². The molecule has 1 aromatic carbocycles. The lowest BCUT2D eigenvalue weighted by Gasteiger charge is -2.48. The van der Waals surface area contributed by atoms with Gasteiger partial charge in [-0.1, -0.05) is 58.0 Å². The molecule has 0 amide bonds. The van der Waals surface area contributed by atoms with E-state index in [1.165, 1.54) is 0 Å². The van der Waals surface area contributed by atoms with Crippen LogP contribution in [0.25, 0.3) is 0 Å². The van der Waals surface area contributed by atoms with E-state index in [1.807, 2.05) is 37.3 Å². The van der Waals surface area contributed by atoms with Crippen molar-refractivity contribution in [3.63, 3.8) is 0 Å². The van der Waals surface area contributed by atoms with Gasteiger partial charge in [0.25, 0.3) is 0 Å². The van der Waals surface area contributed by atoms with Gasteiger partial charge in [-0.15, -0.1) is 0 Å². The first-order valence-electron chi connectivity index (χ1n) is 8.75. The van der Waals surface area contributed by atoms with Gasteiger partial charge in [0.15, 0.2) is 8.32 Å². The Morgan fingerprint density at radius 3 is 2.25 bits per heavy atom. The second-order valence-electron chi connectivity index (χ2n) is 8.38. The third-order valence-electron chi connectivity index (χ3n) is 5.63. The second kappa shape index (κ2) is 7.26. The Morgan fingerprint density at radius 1 is 1.17 bits per heavy atom. The molecule has 2 unspecified atom stereocenters. The monoisotopic (exact) mass is 352 g/mol. The zero-order chi connectivity index (χ0) is 18.1. The predicted molar refractivity (Wildman–Crippen MR) is 98.4 cm³/mol. The molecule has 1 aliphatic heterocycles. The number of ether oxygens (including phenoxy) is 1. The van der Waals surface area contributed by atoms with Crippen molar-refractivity contribution in [3.05, 3.63) is 35.9 Å². The van der Waals surface area contributed by atoms with Crippen LogP contribution in [0.2, 0.25) is 18.1 Å². The van der Waals surface area contributed by atoms with Crippen LogP contribution in [-0.4, -0.2) is 43.4 Å². The largest absolute Gasteiger partial charge is 0.408 e. The maximum absolute atomic E-state index is 10.9. The van der Waals surface area contributed by atoms with E-state index in [2.05, 4.69) is 33.9 Å². The Balaban J connectivity index is 2.36. The van der Waals surface area contributed by atoms with E-state index in [1.54, 1.807) is 0 Å². The standard InChI is InChI=1S/C19H32O4Si/c1-13-15(12-20)22-17(14-10-8-7-9-11-14)18(16(13)21)23-24(5,6)19(2,3)4/h7-11,13,15-18,20-21H,12H2,1-6H3/t13?,15-,16+,17+,18?/m1/s1. The van der Waals surface area contributed by atoms with Crippen LogP contribution in [0.1, 0.15) is 39.4 Å². The molecule has 0 bridgehead atoms. The lowest BCUT2D eigenvalue weighted by Crippen LogP contribution is -2.56. The first kappa shape index (κ1) is 19.6. The number of aliphatic hydroxyl groups excluding tert-OH is 2. The molecule has 1 fully saturated rings. The highest BCUT2D eigenvalue weighted by Gasteiger charge is 2.48. The molecule has 0 radical (unpaired) electrons. The van der Waals surface area contributed by atoms with Gasteiger partial charge < -0.3 is 19.4 Å². The molecule has 2 rings (SSSR count). The van der Waals surface area contributed by atoms with Gasteiger partial charge in [-0.2, -0.15) is 0 Å². The van der Waals surface area contributed by atoms with E-state index >= 15 is 0 Å². The van der Waals surface area contributed by atoms with Crippen LogP contribution >= 0.6 is 0 Å². The number of benzene rings is 1. The first-order chi connectivity index (χ1) is 11.1. The van der Waals surface area contributed by atoms with Crippen molar-refractivity contribution >= 4 is 8.32 Å². The minimum Gasteiger partial charge on any atom is -0.408 e. The summed E-state index contributed by atoms with van der Waals surface area (Å²) < 4.78 is 12.7. The van der Waals surface area contributed by atoms with Crippen LogP contribution in [0.4, 0.5) is 0 Å². The van der Waals surface area contributed by atoms with E-state index < -0.39 is 20.5 Å². The summed E-state index contributed by atoms with van der Waals surface area (Å²) >= 11 is 0. The smallest absolute Gasteiger partial charge is 0.192 e. The van der Waals surface area contributed by atoms with Gasteiger partial charge in [-0.3, -0.25) is 0 Å². The summed E-state index contributed by atoms with van der Waals surface area (Å²) in [4.78, 5) is 0. The predicted octanol–water partition coefficient (Wildman–Crippen LogP) is 3.51. The molecular formula is C19H32O4Si. The van der Waals surface area contributed by atoms with Crippen molar-refractivity contribution in [2.24, 2.45) is 5.92 Å². The maximum atomic E-state index is 10.9. The van der Waals surface area contributed by atoms with Gasteiger partial charge in [-0.25, -0.2) is 0 Å². The van der Waals surface area contributed by atoms with Crippen LogP contribution in [0.15, 0.2) is 30.3 Å². The Bertz CT molecular complexity index is 526. The molecule has 136 valence electrons. The van der Waals surface area contributed by atoms with Gasteiger partial charge in [0.1, 0.15) is 12.2 Å². The molecule has 0 aliphatic carbocycles. The number of hydrogen-bond donors (Lipinski definition) is 2. The molecule has 5 heteroatoms. The van der Waals surface area contributed by atoms with Gasteiger partial charge in [0.05, 0.1) is 18.8 Å². The molecule has 0 saturated carbocycles. The Kier molecular flexibility index (Phi) is 5.93. The average Bonchev–Trinajstić information content (AvgIpc) is 2.52. The number of hydrogen-bond acceptors (Lipinski definition) is 4. The van der Waals surface area contributed by atoms with E-state index in [0.29, 0.717) is 0 Å². The van der Waals surface area contributed by atoms with Crippen molar-refractivity contribution in [3.8, 4) is 0 Å². The molecular weight excluding hydrogens is 320 g/mol. The summed E-state index contributed by atoms with van der Waals surface area (Å²) in [7, 11) is -2.07. The Labute approximate surface area is 146 Å². The SMILES string of the molecule is CC1[C@H](O)C(O[Si](C)(C)C(C)(C)C)[C@H](c2ccccc2)O[C@@H]1CO. The maximum Gasteiger partial charge on any atom is 0.192 e. The number of rotatable bonds is 4. The van der Waals surface area contributed by atoms with Crippen molar-refractivity contribution in [2.75, 3.05) is 6.61 Å². The molecule has 2 N–H and O–H groups in total. The minimum absolute atomic E-state index is 0.0466. The lowest BCUT2D eigenvalue weighted by molar-refractivity contribution is -0.202. The molecule has 24 heavy (non-hydrogen) atoms. The Morgan fingerprint density at radius 2 is 1.75 bits per heavy atom. The summed E-state index contributed by atoms with van der Waals surface area (Å²) in [6.07, 6.45) is -1.85. The van der Waals surface area contributed by atoms with Gasteiger partial charge >= 0.3 is 0 Å². The highest BCUT2D eigenvalue weighted by molar-refractivity contribution is 6.74. The van der Waals surface area contributed by atoms with E-state index in [4.69, 9.17) is 9.16 Å². The highest BCUT2D eigenvalue weighted by atomic mass is 28.4. The number of aliphatic hydroxyl groups is 2. The summed E-state index contributed by atoms with van der Waals surface area (Å²) in [5, 5.41) is 20.6. The van der Waals surface area contributed by atoms with Crippen LogP contribution in [0.3, 0.4) is 0 Å². The van der Waals surface area contributed by atoms with Gasteiger partial charge in [-0.05, 0) is 23.7 Å².